The van der Waals surface area contributed by atoms with Crippen molar-refractivity contribution in [2.24, 2.45) is 5.92 Å². The molecule has 0 aliphatic heterocycles. The van der Waals surface area contributed by atoms with Crippen molar-refractivity contribution < 1.29 is 9.90 Å². The van der Waals surface area contributed by atoms with E-state index in [0.717, 1.165) is 30.1 Å². The van der Waals surface area contributed by atoms with Gasteiger partial charge in [-0.2, -0.15) is 0 Å². The van der Waals surface area contributed by atoms with Crippen LogP contribution in [-0.2, 0) is 6.42 Å². The summed E-state index contributed by atoms with van der Waals surface area (Å²) in [5.41, 5.74) is 0.721. The van der Waals surface area contributed by atoms with E-state index in [2.05, 4.69) is 30.7 Å². The molecule has 0 aliphatic rings. The highest BCUT2D eigenvalue weighted by Gasteiger charge is 2.21. The van der Waals surface area contributed by atoms with E-state index in [1.165, 1.54) is 11.3 Å². The Bertz CT molecular complexity index is 429. The van der Waals surface area contributed by atoms with Crippen LogP contribution in [0.4, 0.5) is 5.13 Å². The van der Waals surface area contributed by atoms with E-state index in [4.69, 9.17) is 0 Å². The van der Waals surface area contributed by atoms with Crippen LogP contribution in [-0.4, -0.2) is 29.1 Å². The first-order valence-corrected chi connectivity index (χ1v) is 7.64. The van der Waals surface area contributed by atoms with Crippen LogP contribution in [0.15, 0.2) is 0 Å². The molecule has 1 aromatic heterocycles. The second kappa shape index (κ2) is 6.89. The Morgan fingerprint density at radius 2 is 2.05 bits per heavy atom. The van der Waals surface area contributed by atoms with E-state index in [-0.39, 0.29) is 0 Å². The summed E-state index contributed by atoms with van der Waals surface area (Å²) in [6.45, 7) is 8.58. The summed E-state index contributed by atoms with van der Waals surface area (Å²) in [7, 11) is 1.99. The Balaban J connectivity index is 2.94. The summed E-state index contributed by atoms with van der Waals surface area (Å²) < 4.78 is 0. The molecule has 0 saturated heterocycles. The maximum atomic E-state index is 11.2. The van der Waals surface area contributed by atoms with E-state index in [1.54, 1.807) is 0 Å². The number of aryl methyl sites for hydroxylation is 1. The number of aromatic carboxylic acids is 1. The SMILES string of the molecule is CCCc1nc(N(C)C(C)CC(C)C)sc1C(=O)O. The monoisotopic (exact) mass is 284 g/mol. The first-order valence-electron chi connectivity index (χ1n) is 6.82. The number of thiazole rings is 1. The maximum Gasteiger partial charge on any atom is 0.347 e. The maximum absolute atomic E-state index is 11.2. The fourth-order valence-corrected chi connectivity index (χ4v) is 3.11. The van der Waals surface area contributed by atoms with Gasteiger partial charge in [0.2, 0.25) is 0 Å². The van der Waals surface area contributed by atoms with Crippen LogP contribution in [0.3, 0.4) is 0 Å². The molecular weight excluding hydrogens is 260 g/mol. The van der Waals surface area contributed by atoms with E-state index in [0.29, 0.717) is 16.8 Å². The minimum atomic E-state index is -0.864. The molecule has 5 heteroatoms. The second-order valence-electron chi connectivity index (χ2n) is 5.42. The Morgan fingerprint density at radius 3 is 2.53 bits per heavy atom. The summed E-state index contributed by atoms with van der Waals surface area (Å²) in [6.07, 6.45) is 2.71. The zero-order valence-corrected chi connectivity index (χ0v) is 13.3. The van der Waals surface area contributed by atoms with Gasteiger partial charge in [0.1, 0.15) is 4.88 Å². The molecule has 0 radical (unpaired) electrons. The first kappa shape index (κ1) is 16.0. The smallest absolute Gasteiger partial charge is 0.347 e. The molecule has 0 aliphatic carbocycles. The van der Waals surface area contributed by atoms with E-state index in [1.807, 2.05) is 14.0 Å². The molecule has 0 amide bonds. The number of carboxylic acids is 1. The minimum Gasteiger partial charge on any atom is -0.477 e. The van der Waals surface area contributed by atoms with Gasteiger partial charge in [-0.25, -0.2) is 9.78 Å². The molecule has 1 heterocycles. The molecule has 1 aromatic rings. The van der Waals surface area contributed by atoms with Crippen LogP contribution in [0.1, 0.15) is 55.9 Å². The number of anilines is 1. The van der Waals surface area contributed by atoms with Crippen molar-refractivity contribution in [3.8, 4) is 0 Å². The number of nitrogens with zero attached hydrogens (tertiary/aromatic N) is 2. The van der Waals surface area contributed by atoms with Crippen LogP contribution in [0, 0.1) is 5.92 Å². The zero-order valence-electron chi connectivity index (χ0n) is 12.4. The number of aromatic nitrogens is 1. The highest BCUT2D eigenvalue weighted by Crippen LogP contribution is 2.28. The number of hydrogen-bond donors (Lipinski definition) is 1. The second-order valence-corrected chi connectivity index (χ2v) is 6.39. The molecule has 1 unspecified atom stereocenters. The van der Waals surface area contributed by atoms with Crippen LogP contribution >= 0.6 is 11.3 Å². The molecule has 19 heavy (non-hydrogen) atoms. The normalized spacial score (nSPS) is 12.7. The molecule has 4 nitrogen and oxygen atoms in total. The summed E-state index contributed by atoms with van der Waals surface area (Å²) in [4.78, 5) is 18.2. The van der Waals surface area contributed by atoms with Gasteiger partial charge in [0, 0.05) is 13.1 Å². The van der Waals surface area contributed by atoms with Crippen LogP contribution in [0.2, 0.25) is 0 Å². The molecular formula is C14H24N2O2S. The molecule has 0 saturated carbocycles. The van der Waals surface area contributed by atoms with Gasteiger partial charge in [-0.15, -0.1) is 0 Å². The Hall–Kier alpha value is -1.10. The van der Waals surface area contributed by atoms with Crippen molar-refractivity contribution in [1.29, 1.82) is 0 Å². The fraction of sp³-hybridized carbons (Fsp3) is 0.714. The van der Waals surface area contributed by atoms with Gasteiger partial charge in [0.15, 0.2) is 5.13 Å². The third kappa shape index (κ3) is 4.20. The Morgan fingerprint density at radius 1 is 1.42 bits per heavy atom. The number of carbonyl (C=O) groups is 1. The molecule has 0 spiro atoms. The molecule has 0 bridgehead atoms. The lowest BCUT2D eigenvalue weighted by atomic mass is 10.0. The molecule has 1 atom stereocenters. The summed E-state index contributed by atoms with van der Waals surface area (Å²) in [5.74, 6) is -0.247. The number of hydrogen-bond acceptors (Lipinski definition) is 4. The predicted molar refractivity (Wildman–Crippen MR) is 80.4 cm³/mol. The molecule has 108 valence electrons. The predicted octanol–water partition coefficient (Wildman–Crippen LogP) is 3.66. The van der Waals surface area contributed by atoms with Crippen LogP contribution in [0.25, 0.3) is 0 Å². The van der Waals surface area contributed by atoms with Crippen molar-refractivity contribution in [2.75, 3.05) is 11.9 Å². The molecule has 1 rings (SSSR count). The van der Waals surface area contributed by atoms with Gasteiger partial charge in [-0.3, -0.25) is 0 Å². The van der Waals surface area contributed by atoms with Crippen molar-refractivity contribution in [2.45, 2.75) is 53.0 Å². The van der Waals surface area contributed by atoms with Crippen molar-refractivity contribution in [3.63, 3.8) is 0 Å². The first-order chi connectivity index (χ1) is 8.86. The summed E-state index contributed by atoms with van der Waals surface area (Å²) in [6, 6.07) is 0.363. The van der Waals surface area contributed by atoms with Gasteiger partial charge in [-0.05, 0) is 25.7 Å². The highest BCUT2D eigenvalue weighted by atomic mass is 32.1. The van der Waals surface area contributed by atoms with E-state index >= 15 is 0 Å². The van der Waals surface area contributed by atoms with Crippen LogP contribution in [0.5, 0.6) is 0 Å². The zero-order chi connectivity index (χ0) is 14.6. The quantitative estimate of drug-likeness (QED) is 0.830. The van der Waals surface area contributed by atoms with Gasteiger partial charge < -0.3 is 10.0 Å². The van der Waals surface area contributed by atoms with Crippen molar-refractivity contribution in [1.82, 2.24) is 4.98 Å². The lowest BCUT2D eigenvalue weighted by Crippen LogP contribution is -2.29. The Kier molecular flexibility index (Phi) is 5.79. The third-order valence-corrected chi connectivity index (χ3v) is 4.32. The van der Waals surface area contributed by atoms with Gasteiger partial charge >= 0.3 is 5.97 Å². The van der Waals surface area contributed by atoms with Crippen molar-refractivity contribution >= 4 is 22.4 Å². The van der Waals surface area contributed by atoms with E-state index in [9.17, 15) is 9.90 Å². The fourth-order valence-electron chi connectivity index (χ4n) is 2.09. The lowest BCUT2D eigenvalue weighted by Gasteiger charge is -2.25. The van der Waals surface area contributed by atoms with Crippen LogP contribution < -0.4 is 4.90 Å². The van der Waals surface area contributed by atoms with Gasteiger partial charge in [-0.1, -0.05) is 38.5 Å². The van der Waals surface area contributed by atoms with E-state index < -0.39 is 5.97 Å². The van der Waals surface area contributed by atoms with Gasteiger partial charge in [0.05, 0.1) is 5.69 Å². The number of carboxylic acid groups (broad SMARTS) is 1. The third-order valence-electron chi connectivity index (χ3n) is 3.14. The largest absolute Gasteiger partial charge is 0.477 e. The minimum absolute atomic E-state index is 0.363. The highest BCUT2D eigenvalue weighted by molar-refractivity contribution is 7.17. The standard InChI is InChI=1S/C14H24N2O2S/c1-6-7-11-12(13(17)18)19-14(15-11)16(5)10(4)8-9(2)3/h9-10H,6-8H2,1-5H3,(H,17,18). The summed E-state index contributed by atoms with van der Waals surface area (Å²) in [5, 5.41) is 10.0. The molecule has 0 fully saturated rings. The van der Waals surface area contributed by atoms with Gasteiger partial charge in [0.25, 0.3) is 0 Å². The molecule has 1 N–H and O–H groups in total. The summed E-state index contributed by atoms with van der Waals surface area (Å²) >= 11 is 1.29. The average Bonchev–Trinajstić information content (AvgIpc) is 2.71. The number of rotatable bonds is 7. The topological polar surface area (TPSA) is 53.4 Å². The lowest BCUT2D eigenvalue weighted by molar-refractivity contribution is 0.0700. The Labute approximate surface area is 119 Å². The molecule has 0 aromatic carbocycles. The average molecular weight is 284 g/mol. The van der Waals surface area contributed by atoms with Crippen molar-refractivity contribution in [3.05, 3.63) is 10.6 Å².